The molecule has 0 bridgehead atoms. The maximum absolute atomic E-state index is 15.2. The van der Waals surface area contributed by atoms with E-state index in [4.69, 9.17) is 9.47 Å². The predicted molar refractivity (Wildman–Crippen MR) is 434 cm³/mol. The molecular formula is C102H70F2N2O2. The van der Waals surface area contributed by atoms with Crippen LogP contribution in [0.4, 0.5) is 42.9 Å². The molecule has 0 radical (unpaired) electrons. The van der Waals surface area contributed by atoms with Crippen molar-refractivity contribution in [2.75, 3.05) is 9.80 Å². The van der Waals surface area contributed by atoms with Crippen molar-refractivity contribution in [2.24, 2.45) is 0 Å². The third kappa shape index (κ3) is 10.9. The van der Waals surface area contributed by atoms with Crippen LogP contribution in [0.5, 0.6) is 23.0 Å². The van der Waals surface area contributed by atoms with Gasteiger partial charge in [0.25, 0.3) is 0 Å². The highest BCUT2D eigenvalue weighted by Crippen LogP contribution is 2.61. The van der Waals surface area contributed by atoms with Crippen LogP contribution in [0.1, 0.15) is 66.8 Å². The number of fused-ring (bicyclic) bond motifs is 8. The number of benzene rings is 16. The van der Waals surface area contributed by atoms with Crippen molar-refractivity contribution in [2.45, 2.75) is 36.5 Å². The van der Waals surface area contributed by atoms with Gasteiger partial charge in [0.15, 0.2) is 0 Å². The monoisotopic (exact) mass is 1390 g/mol. The number of hydrogen-bond acceptors (Lipinski definition) is 4. The van der Waals surface area contributed by atoms with E-state index in [0.29, 0.717) is 0 Å². The molecule has 0 heterocycles. The van der Waals surface area contributed by atoms with E-state index in [1.165, 1.54) is 57.6 Å². The number of halogens is 2. The molecule has 108 heavy (non-hydrogen) atoms. The summed E-state index contributed by atoms with van der Waals surface area (Å²) in [4.78, 5) is 4.46. The molecule has 4 aliphatic carbocycles. The lowest BCUT2D eigenvalue weighted by atomic mass is 9.67. The van der Waals surface area contributed by atoms with E-state index in [1.807, 2.05) is 24.3 Å². The van der Waals surface area contributed by atoms with Gasteiger partial charge >= 0.3 is 0 Å². The summed E-state index contributed by atoms with van der Waals surface area (Å²) in [5.41, 5.74) is 29.5. The number of rotatable bonds is 17. The fourth-order valence-corrected chi connectivity index (χ4v) is 17.4. The van der Waals surface area contributed by atoms with E-state index in [2.05, 4.69) is 337 Å². The molecule has 16 aromatic rings. The second kappa shape index (κ2) is 26.3. The van der Waals surface area contributed by atoms with Gasteiger partial charge in [-0.3, -0.25) is 0 Å². The molecule has 514 valence electrons. The molecule has 6 heteroatoms. The van der Waals surface area contributed by atoms with Crippen molar-refractivity contribution in [3.8, 4) is 78.6 Å². The number of anilines is 6. The third-order valence-electron chi connectivity index (χ3n) is 22.9. The average Bonchev–Trinajstić information content (AvgIpc) is 1.53. The summed E-state index contributed by atoms with van der Waals surface area (Å²) in [6.07, 6.45) is 4.39. The molecular weight excluding hydrogens is 1320 g/mol. The normalized spacial score (nSPS) is 15.2. The molecule has 0 fully saturated rings. The van der Waals surface area contributed by atoms with Crippen molar-refractivity contribution in [3.05, 3.63) is 455 Å². The Kier molecular flexibility index (Phi) is 15.6. The fourth-order valence-electron chi connectivity index (χ4n) is 17.4. The summed E-state index contributed by atoms with van der Waals surface area (Å²) >= 11 is 0. The van der Waals surface area contributed by atoms with Gasteiger partial charge in [-0.15, -0.1) is 0 Å². The standard InChI is InChI=1S/C102H70F2N2O2/c103-81-37-45-85(46-38-81)105(87-49-59-95-93-57-31-75(67-13-5-1-6-14-67)63-97(93)101(99(95)65-87,77-17-9-3-10-18-77)79-33-53-89(54-34-79)107-91-51-29-71-21-23-73(71)61-91)83-41-25-69(26-42-83)70-27-43-84(44-28-70)106(86-47-39-82(104)40-48-86)88-50-60-96-94-58-32-76(68-15-7-2-8-16-68)64-98(94)102(100(96)66-88,78-19-11-4-12-20-78)80-35-55-90(56-36-80)108-92-52-30-72-22-24-74(72)62-92/h1-20,25-66H,21-24H2. The van der Waals surface area contributed by atoms with E-state index in [9.17, 15) is 0 Å². The Labute approximate surface area is 628 Å². The third-order valence-corrected chi connectivity index (χ3v) is 22.9. The first-order valence-corrected chi connectivity index (χ1v) is 37.2. The van der Waals surface area contributed by atoms with Crippen LogP contribution >= 0.6 is 0 Å². The highest BCUT2D eigenvalue weighted by atomic mass is 19.1. The minimum Gasteiger partial charge on any atom is -0.457 e. The fraction of sp³-hybridized carbons (Fsp3) is 0.0588. The Balaban J connectivity index is 0.676. The van der Waals surface area contributed by atoms with Gasteiger partial charge in [0.1, 0.15) is 34.6 Å². The zero-order valence-corrected chi connectivity index (χ0v) is 59.1. The lowest BCUT2D eigenvalue weighted by molar-refractivity contribution is 0.480. The summed E-state index contributed by atoms with van der Waals surface area (Å²) in [5, 5.41) is 0. The summed E-state index contributed by atoms with van der Waals surface area (Å²) in [7, 11) is 0. The molecule has 4 nitrogen and oxygen atoms in total. The van der Waals surface area contributed by atoms with Crippen LogP contribution in [0.2, 0.25) is 0 Å². The predicted octanol–water partition coefficient (Wildman–Crippen LogP) is 26.4. The molecule has 0 aliphatic heterocycles. The van der Waals surface area contributed by atoms with Crippen LogP contribution in [0.3, 0.4) is 0 Å². The Morgan fingerprint density at radius 2 is 0.491 bits per heavy atom. The molecule has 16 aromatic carbocycles. The number of hydrogen-bond donors (Lipinski definition) is 0. The molecule has 2 atom stereocenters. The van der Waals surface area contributed by atoms with Gasteiger partial charge in [-0.05, 0) is 306 Å². The quantitative estimate of drug-likeness (QED) is 0.0907. The molecule has 0 N–H and O–H groups in total. The van der Waals surface area contributed by atoms with Gasteiger partial charge in [-0.25, -0.2) is 8.78 Å². The molecule has 4 aliphatic rings. The molecule has 20 rings (SSSR count). The number of aryl methyl sites for hydroxylation is 4. The van der Waals surface area contributed by atoms with Gasteiger partial charge < -0.3 is 19.3 Å². The molecule has 0 aromatic heterocycles. The van der Waals surface area contributed by atoms with Crippen molar-refractivity contribution >= 4 is 34.1 Å². The minimum absolute atomic E-state index is 0.312. The van der Waals surface area contributed by atoms with Crippen LogP contribution in [0, 0.1) is 11.6 Å². The van der Waals surface area contributed by atoms with Crippen LogP contribution in [0.25, 0.3) is 55.6 Å². The average molecular weight is 1390 g/mol. The molecule has 0 saturated heterocycles. The van der Waals surface area contributed by atoms with Crippen molar-refractivity contribution in [1.29, 1.82) is 0 Å². The number of nitrogens with zero attached hydrogens (tertiary/aromatic N) is 2. The molecule has 2 unspecified atom stereocenters. The lowest BCUT2D eigenvalue weighted by Crippen LogP contribution is -2.29. The zero-order valence-electron chi connectivity index (χ0n) is 59.1. The SMILES string of the molecule is Fc1ccc(N(c2ccc(-c3ccc(N(c4ccc(F)cc4)c4ccc5c(c4)C(c4ccccc4)(c4ccc(Oc6ccc7c(c6)CC7)cc4)c4cc(-c6ccccc6)ccc4-5)cc3)cc2)c2ccc3c(c2)C(c2ccccc2)(c2ccc(Oc4ccc5c(c4)CC5)cc2)c2cc(-c4ccccc4)ccc2-3)cc1. The van der Waals surface area contributed by atoms with Crippen LogP contribution in [0.15, 0.2) is 376 Å². The Morgan fingerprint density at radius 1 is 0.213 bits per heavy atom. The van der Waals surface area contributed by atoms with Gasteiger partial charge in [-0.1, -0.05) is 218 Å². The number of ether oxygens (including phenoxy) is 2. The highest BCUT2D eigenvalue weighted by Gasteiger charge is 2.49. The molecule has 0 amide bonds. The summed E-state index contributed by atoms with van der Waals surface area (Å²) < 4.78 is 43.6. The maximum Gasteiger partial charge on any atom is 0.127 e. The van der Waals surface area contributed by atoms with E-state index in [1.54, 1.807) is 0 Å². The largest absolute Gasteiger partial charge is 0.457 e. The van der Waals surface area contributed by atoms with Crippen LogP contribution < -0.4 is 19.3 Å². The lowest BCUT2D eigenvalue weighted by Gasteiger charge is -2.35. The van der Waals surface area contributed by atoms with Crippen molar-refractivity contribution in [3.63, 3.8) is 0 Å². The summed E-state index contributed by atoms with van der Waals surface area (Å²) in [5.74, 6) is 2.60. The summed E-state index contributed by atoms with van der Waals surface area (Å²) in [6.45, 7) is 0. The van der Waals surface area contributed by atoms with Crippen molar-refractivity contribution in [1.82, 2.24) is 0 Å². The van der Waals surface area contributed by atoms with E-state index >= 15 is 8.78 Å². The second-order valence-corrected chi connectivity index (χ2v) is 28.8. The van der Waals surface area contributed by atoms with Gasteiger partial charge in [0.05, 0.1) is 10.8 Å². The Bertz CT molecular complexity index is 5720. The van der Waals surface area contributed by atoms with Crippen molar-refractivity contribution < 1.29 is 18.3 Å². The summed E-state index contributed by atoms with van der Waals surface area (Å²) in [6, 6.07) is 132. The van der Waals surface area contributed by atoms with Gasteiger partial charge in [-0.2, -0.15) is 0 Å². The van der Waals surface area contributed by atoms with Gasteiger partial charge in [0.2, 0.25) is 0 Å². The van der Waals surface area contributed by atoms with E-state index < -0.39 is 10.8 Å². The minimum atomic E-state index is -0.781. The maximum atomic E-state index is 15.2. The smallest absolute Gasteiger partial charge is 0.127 e. The first-order valence-electron chi connectivity index (χ1n) is 37.2. The Morgan fingerprint density at radius 3 is 0.833 bits per heavy atom. The van der Waals surface area contributed by atoms with E-state index in [-0.39, 0.29) is 11.6 Å². The van der Waals surface area contributed by atoms with Crippen LogP contribution in [-0.2, 0) is 36.5 Å². The highest BCUT2D eigenvalue weighted by molar-refractivity contribution is 5.94. The molecule has 0 saturated carbocycles. The van der Waals surface area contributed by atoms with Crippen LogP contribution in [-0.4, -0.2) is 0 Å². The van der Waals surface area contributed by atoms with Gasteiger partial charge in [0, 0.05) is 34.1 Å². The van der Waals surface area contributed by atoms with E-state index in [0.717, 1.165) is 172 Å². The second-order valence-electron chi connectivity index (χ2n) is 28.8. The molecule has 0 spiro atoms. The first kappa shape index (κ1) is 64.2. The zero-order chi connectivity index (χ0) is 71.9. The Hall–Kier alpha value is -13.4. The first-order chi connectivity index (χ1) is 53.3. The topological polar surface area (TPSA) is 24.9 Å².